The van der Waals surface area contributed by atoms with Crippen LogP contribution in [0.2, 0.25) is 0 Å². The second kappa shape index (κ2) is 4.31. The van der Waals surface area contributed by atoms with Gasteiger partial charge in [0.05, 0.1) is 11.8 Å². The van der Waals surface area contributed by atoms with Gasteiger partial charge in [-0.25, -0.2) is 19.0 Å². The lowest BCUT2D eigenvalue weighted by Gasteiger charge is -1.97. The third-order valence-corrected chi connectivity index (χ3v) is 1.37. The fraction of sp³-hybridized carbons (Fsp3) is 0. The first-order valence-corrected chi connectivity index (χ1v) is 3.64. The molecule has 1 aromatic rings. The second-order valence-corrected chi connectivity index (χ2v) is 2.37. The molecule has 1 rings (SSSR count). The van der Waals surface area contributed by atoms with Crippen molar-refractivity contribution in [3.63, 3.8) is 0 Å². The van der Waals surface area contributed by atoms with E-state index in [1.165, 1.54) is 6.07 Å². The number of rotatable bonds is 2. The second-order valence-electron chi connectivity index (χ2n) is 2.37. The molecule has 1 aromatic carbocycles. The molecule has 0 atom stereocenters. The minimum Gasteiger partial charge on any atom is -0.350 e. The predicted octanol–water partition coefficient (Wildman–Crippen LogP) is 0.967. The number of nitrogens with zero attached hydrogens (tertiary/aromatic N) is 1. The third-order valence-electron chi connectivity index (χ3n) is 1.37. The summed E-state index contributed by atoms with van der Waals surface area (Å²) < 4.78 is 25.8. The van der Waals surface area contributed by atoms with Gasteiger partial charge in [-0.05, 0) is 12.1 Å². The first-order valence-electron chi connectivity index (χ1n) is 3.64. The lowest BCUT2D eigenvalue weighted by Crippen LogP contribution is -2.24. The highest BCUT2D eigenvalue weighted by atomic mass is 19.1. The van der Waals surface area contributed by atoms with Crippen LogP contribution < -0.4 is 11.2 Å². The summed E-state index contributed by atoms with van der Waals surface area (Å²) in [7, 11) is 0. The minimum atomic E-state index is -0.905. The topological polar surface area (TPSA) is 67.5 Å². The number of hydrazone groups is 1. The Morgan fingerprint density at radius 1 is 1.43 bits per heavy atom. The molecule has 2 amide bonds. The molecule has 0 aliphatic heterocycles. The molecule has 0 unspecified atom stereocenters. The number of primary amides is 1. The van der Waals surface area contributed by atoms with Gasteiger partial charge in [-0.3, -0.25) is 0 Å². The van der Waals surface area contributed by atoms with Crippen LogP contribution in [-0.2, 0) is 0 Å². The van der Waals surface area contributed by atoms with Gasteiger partial charge in [-0.1, -0.05) is 6.07 Å². The van der Waals surface area contributed by atoms with Gasteiger partial charge < -0.3 is 5.73 Å². The van der Waals surface area contributed by atoms with Gasteiger partial charge in [0.15, 0.2) is 0 Å². The Bertz CT molecular complexity index is 359. The summed E-state index contributed by atoms with van der Waals surface area (Å²) in [5.41, 5.74) is 6.17. The maximum Gasteiger partial charge on any atom is 0.332 e. The van der Waals surface area contributed by atoms with Crippen LogP contribution in [0.1, 0.15) is 5.56 Å². The number of carbonyl (C=O) groups is 1. The van der Waals surface area contributed by atoms with E-state index in [9.17, 15) is 13.6 Å². The average Bonchev–Trinajstić information content (AvgIpc) is 2.09. The van der Waals surface area contributed by atoms with Gasteiger partial charge in [0, 0.05) is 0 Å². The van der Waals surface area contributed by atoms with Crippen LogP contribution in [0.5, 0.6) is 0 Å². The first-order chi connectivity index (χ1) is 6.61. The monoisotopic (exact) mass is 199 g/mol. The molecule has 3 N–H and O–H groups in total. The Morgan fingerprint density at radius 3 is 2.50 bits per heavy atom. The maximum absolute atomic E-state index is 12.9. The lowest BCUT2D eigenvalue weighted by molar-refractivity contribution is 0.249. The highest BCUT2D eigenvalue weighted by molar-refractivity contribution is 5.81. The molecule has 0 radical (unpaired) electrons. The van der Waals surface area contributed by atoms with E-state index in [1.807, 2.05) is 5.43 Å². The Kier molecular flexibility index (Phi) is 3.11. The molecule has 0 saturated heterocycles. The number of halogens is 2. The van der Waals surface area contributed by atoms with Crippen molar-refractivity contribution in [2.75, 3.05) is 0 Å². The molecule has 0 aromatic heterocycles. The summed E-state index contributed by atoms with van der Waals surface area (Å²) in [5, 5.41) is 3.23. The van der Waals surface area contributed by atoms with Gasteiger partial charge in [0.2, 0.25) is 0 Å². The molecule has 6 heteroatoms. The highest BCUT2D eigenvalue weighted by Gasteiger charge is 2.04. The van der Waals surface area contributed by atoms with Crippen LogP contribution in [0.4, 0.5) is 13.6 Å². The van der Waals surface area contributed by atoms with Crippen molar-refractivity contribution in [2.45, 2.75) is 0 Å². The van der Waals surface area contributed by atoms with Crippen molar-refractivity contribution in [1.82, 2.24) is 5.43 Å². The van der Waals surface area contributed by atoms with Gasteiger partial charge >= 0.3 is 6.03 Å². The minimum absolute atomic E-state index is 0.332. The van der Waals surface area contributed by atoms with Crippen LogP contribution in [-0.4, -0.2) is 12.2 Å². The number of hydrogen-bond donors (Lipinski definition) is 2. The van der Waals surface area contributed by atoms with E-state index in [4.69, 9.17) is 0 Å². The van der Waals surface area contributed by atoms with Crippen LogP contribution in [0.3, 0.4) is 0 Å². The fourth-order valence-electron chi connectivity index (χ4n) is 0.794. The normalized spacial score (nSPS) is 10.4. The van der Waals surface area contributed by atoms with Gasteiger partial charge in [0.1, 0.15) is 11.6 Å². The predicted molar refractivity (Wildman–Crippen MR) is 46.7 cm³/mol. The molecule has 0 aliphatic carbocycles. The highest BCUT2D eigenvalue weighted by Crippen LogP contribution is 2.08. The van der Waals surface area contributed by atoms with E-state index in [0.717, 1.165) is 18.3 Å². The fourth-order valence-corrected chi connectivity index (χ4v) is 0.794. The standard InChI is InChI=1S/C8H7F2N3O/c9-6-2-1-3-7(10)5(6)4-12-13-8(11)14/h1-4H,(H3,11,13,14)/b12-4-. The number of hydrogen-bond acceptors (Lipinski definition) is 2. The zero-order valence-corrected chi connectivity index (χ0v) is 7.00. The van der Waals surface area contributed by atoms with Gasteiger partial charge in [-0.15, -0.1) is 0 Å². The summed E-state index contributed by atoms with van der Waals surface area (Å²) >= 11 is 0. The van der Waals surface area contributed by atoms with Crippen LogP contribution in [0.15, 0.2) is 23.3 Å². The van der Waals surface area contributed by atoms with Crippen LogP contribution in [0, 0.1) is 11.6 Å². The van der Waals surface area contributed by atoms with Gasteiger partial charge in [0.25, 0.3) is 0 Å². The first kappa shape index (κ1) is 10.1. The SMILES string of the molecule is NC(=O)N/N=C\c1c(F)cccc1F. The van der Waals surface area contributed by atoms with Crippen molar-refractivity contribution in [1.29, 1.82) is 0 Å². The smallest absolute Gasteiger partial charge is 0.332 e. The molecule has 74 valence electrons. The summed E-state index contributed by atoms with van der Waals surface area (Å²) in [4.78, 5) is 10.2. The van der Waals surface area contributed by atoms with Gasteiger partial charge in [-0.2, -0.15) is 5.10 Å². The maximum atomic E-state index is 12.9. The van der Waals surface area contributed by atoms with E-state index in [-0.39, 0.29) is 5.56 Å². The summed E-state index contributed by atoms with van der Waals surface area (Å²) in [6.07, 6.45) is 0.843. The largest absolute Gasteiger partial charge is 0.350 e. The van der Waals surface area contributed by atoms with E-state index in [0.29, 0.717) is 0 Å². The number of amides is 2. The van der Waals surface area contributed by atoms with Crippen LogP contribution in [0.25, 0.3) is 0 Å². The Labute approximate surface area is 78.4 Å². The zero-order chi connectivity index (χ0) is 10.6. The molecule has 4 nitrogen and oxygen atoms in total. The molecule has 0 fully saturated rings. The quantitative estimate of drug-likeness (QED) is 0.540. The lowest BCUT2D eigenvalue weighted by atomic mass is 10.2. The van der Waals surface area contributed by atoms with Crippen molar-refractivity contribution in [3.8, 4) is 0 Å². The number of nitrogens with two attached hydrogens (primary N) is 1. The Hall–Kier alpha value is -1.98. The molecule has 0 spiro atoms. The molecule has 0 heterocycles. The molecule has 0 aliphatic rings. The summed E-state index contributed by atoms with van der Waals surface area (Å²) in [6.45, 7) is 0. The Balaban J connectivity index is 2.85. The van der Waals surface area contributed by atoms with Crippen LogP contribution >= 0.6 is 0 Å². The summed E-state index contributed by atoms with van der Waals surface area (Å²) in [6, 6.07) is 2.48. The van der Waals surface area contributed by atoms with Crippen molar-refractivity contribution < 1.29 is 13.6 Å². The number of carbonyl (C=O) groups excluding carboxylic acids is 1. The molecule has 0 saturated carbocycles. The number of urea groups is 1. The van der Waals surface area contributed by atoms with Crippen molar-refractivity contribution >= 4 is 12.2 Å². The van der Waals surface area contributed by atoms with Crippen molar-refractivity contribution in [2.24, 2.45) is 10.8 Å². The molecular weight excluding hydrogens is 192 g/mol. The van der Waals surface area contributed by atoms with E-state index in [2.05, 4.69) is 10.8 Å². The third kappa shape index (κ3) is 2.51. The molecular formula is C8H7F2N3O. The van der Waals surface area contributed by atoms with E-state index < -0.39 is 17.7 Å². The summed E-state index contributed by atoms with van der Waals surface area (Å²) in [5.74, 6) is -1.53. The van der Waals surface area contributed by atoms with E-state index in [1.54, 1.807) is 0 Å². The Morgan fingerprint density at radius 2 is 2.00 bits per heavy atom. The number of benzene rings is 1. The molecule has 0 bridgehead atoms. The van der Waals surface area contributed by atoms with Crippen molar-refractivity contribution in [3.05, 3.63) is 35.4 Å². The molecule has 14 heavy (non-hydrogen) atoms. The average molecular weight is 199 g/mol. The number of nitrogens with one attached hydrogen (secondary N) is 1. The van der Waals surface area contributed by atoms with E-state index >= 15 is 0 Å². The zero-order valence-electron chi connectivity index (χ0n) is 7.00.